The zero-order valence-electron chi connectivity index (χ0n) is 10.7. The van der Waals surface area contributed by atoms with Gasteiger partial charge in [-0.15, -0.1) is 0 Å². The van der Waals surface area contributed by atoms with Crippen molar-refractivity contribution in [1.82, 2.24) is 0 Å². The summed E-state index contributed by atoms with van der Waals surface area (Å²) in [6, 6.07) is 4.10. The van der Waals surface area contributed by atoms with Crippen molar-refractivity contribution < 1.29 is 4.74 Å². The van der Waals surface area contributed by atoms with E-state index in [1.54, 1.807) is 7.11 Å². The van der Waals surface area contributed by atoms with Crippen LogP contribution in [0.1, 0.15) is 18.9 Å². The number of ether oxygens (including phenoxy) is 1. The zero-order valence-corrected chi connectivity index (χ0v) is 13.1. The molecule has 2 nitrogen and oxygen atoms in total. The lowest BCUT2D eigenvalue weighted by molar-refractivity contribution is 0.416. The topological polar surface area (TPSA) is 21.3 Å². The van der Waals surface area contributed by atoms with Crippen LogP contribution in [0.25, 0.3) is 0 Å². The van der Waals surface area contributed by atoms with Gasteiger partial charge in [-0.3, -0.25) is 0 Å². The molecule has 0 fully saturated rings. The third-order valence-electron chi connectivity index (χ3n) is 2.46. The van der Waals surface area contributed by atoms with Crippen molar-refractivity contribution >= 4 is 33.4 Å². The molecule has 96 valence electrons. The number of aryl methyl sites for hydroxylation is 1. The number of benzene rings is 1. The van der Waals surface area contributed by atoms with Crippen molar-refractivity contribution in [3.63, 3.8) is 0 Å². The van der Waals surface area contributed by atoms with Crippen LogP contribution in [0.4, 0.5) is 5.69 Å². The summed E-state index contributed by atoms with van der Waals surface area (Å²) >= 11 is 5.46. The van der Waals surface area contributed by atoms with Crippen molar-refractivity contribution in [3.05, 3.63) is 22.2 Å². The molecule has 0 aliphatic rings. The van der Waals surface area contributed by atoms with Gasteiger partial charge in [-0.1, -0.05) is 22.9 Å². The fraction of sp³-hybridized carbons (Fsp3) is 0.538. The molecule has 0 aliphatic carbocycles. The van der Waals surface area contributed by atoms with Gasteiger partial charge < -0.3 is 10.1 Å². The molecule has 0 bridgehead atoms. The summed E-state index contributed by atoms with van der Waals surface area (Å²) in [5, 5.41) is 3.46. The van der Waals surface area contributed by atoms with E-state index in [1.807, 2.05) is 17.8 Å². The first kappa shape index (κ1) is 14.7. The predicted molar refractivity (Wildman–Crippen MR) is 81.5 cm³/mol. The average Bonchev–Trinajstić information content (AvgIpc) is 2.30. The van der Waals surface area contributed by atoms with Crippen molar-refractivity contribution in [1.29, 1.82) is 0 Å². The fourth-order valence-electron chi connectivity index (χ4n) is 1.63. The summed E-state index contributed by atoms with van der Waals surface area (Å²) in [7, 11) is 1.71. The van der Waals surface area contributed by atoms with Crippen LogP contribution in [0.5, 0.6) is 5.75 Å². The number of halogens is 1. The van der Waals surface area contributed by atoms with E-state index in [4.69, 9.17) is 4.74 Å². The molecule has 0 heterocycles. The van der Waals surface area contributed by atoms with Crippen LogP contribution >= 0.6 is 27.7 Å². The molecule has 1 aromatic carbocycles. The maximum Gasteiger partial charge on any atom is 0.143 e. The molecule has 0 aliphatic heterocycles. The molecular formula is C13H20BrNOS. The third-order valence-corrected chi connectivity index (χ3v) is 3.90. The molecular weight excluding hydrogens is 298 g/mol. The number of thioether (sulfide) groups is 1. The fourth-order valence-corrected chi connectivity index (χ4v) is 2.82. The first-order valence-corrected chi connectivity index (χ1v) is 7.79. The normalized spacial score (nSPS) is 10.4. The van der Waals surface area contributed by atoms with E-state index in [2.05, 4.69) is 41.2 Å². The van der Waals surface area contributed by atoms with E-state index in [-0.39, 0.29) is 0 Å². The standard InChI is InChI=1S/C13H20BrNOS/c1-4-17-7-5-6-15-13-10(2)8-11(14)9-12(13)16-3/h8-9,15H,4-7H2,1-3H3. The number of rotatable bonds is 7. The molecule has 0 atom stereocenters. The summed E-state index contributed by atoms with van der Waals surface area (Å²) in [5.74, 6) is 3.31. The summed E-state index contributed by atoms with van der Waals surface area (Å²) in [4.78, 5) is 0. The second-order valence-electron chi connectivity index (χ2n) is 3.78. The smallest absolute Gasteiger partial charge is 0.143 e. The number of hydrogen-bond acceptors (Lipinski definition) is 3. The number of anilines is 1. The Bertz CT molecular complexity index is 358. The van der Waals surface area contributed by atoms with Crippen molar-refractivity contribution in [2.75, 3.05) is 30.5 Å². The molecule has 17 heavy (non-hydrogen) atoms. The van der Waals surface area contributed by atoms with E-state index >= 15 is 0 Å². The highest BCUT2D eigenvalue weighted by atomic mass is 79.9. The largest absolute Gasteiger partial charge is 0.495 e. The van der Waals surface area contributed by atoms with Crippen LogP contribution in [-0.4, -0.2) is 25.2 Å². The highest BCUT2D eigenvalue weighted by Crippen LogP contribution is 2.31. The van der Waals surface area contributed by atoms with E-state index in [0.717, 1.165) is 22.5 Å². The van der Waals surface area contributed by atoms with Gasteiger partial charge >= 0.3 is 0 Å². The van der Waals surface area contributed by atoms with Crippen molar-refractivity contribution in [2.24, 2.45) is 0 Å². The van der Waals surface area contributed by atoms with E-state index in [9.17, 15) is 0 Å². The molecule has 1 aromatic rings. The lowest BCUT2D eigenvalue weighted by Crippen LogP contribution is -2.06. The first-order chi connectivity index (χ1) is 8.19. The van der Waals surface area contributed by atoms with Gasteiger partial charge in [0, 0.05) is 11.0 Å². The summed E-state index contributed by atoms with van der Waals surface area (Å²) in [6.45, 7) is 5.28. The Morgan fingerprint density at radius 1 is 1.41 bits per heavy atom. The van der Waals surface area contributed by atoms with Crippen LogP contribution in [-0.2, 0) is 0 Å². The average molecular weight is 318 g/mol. The lowest BCUT2D eigenvalue weighted by atomic mass is 10.2. The maximum absolute atomic E-state index is 5.39. The summed E-state index contributed by atoms with van der Waals surface area (Å²) in [5.41, 5.74) is 2.32. The minimum Gasteiger partial charge on any atom is -0.495 e. The maximum atomic E-state index is 5.39. The monoisotopic (exact) mass is 317 g/mol. The third kappa shape index (κ3) is 4.80. The van der Waals surface area contributed by atoms with Gasteiger partial charge in [0.25, 0.3) is 0 Å². The van der Waals surface area contributed by atoms with Crippen LogP contribution < -0.4 is 10.1 Å². The van der Waals surface area contributed by atoms with Gasteiger partial charge in [-0.05, 0) is 42.5 Å². The Labute approximate surface area is 117 Å². The van der Waals surface area contributed by atoms with E-state index in [0.29, 0.717) is 0 Å². The van der Waals surface area contributed by atoms with Crippen molar-refractivity contribution in [2.45, 2.75) is 20.3 Å². The van der Waals surface area contributed by atoms with Crippen LogP contribution in [0.15, 0.2) is 16.6 Å². The quantitative estimate of drug-likeness (QED) is 0.757. The molecule has 0 saturated carbocycles. The van der Waals surface area contributed by atoms with Gasteiger partial charge in [0.05, 0.1) is 12.8 Å². The SMILES string of the molecule is CCSCCCNc1c(C)cc(Br)cc1OC. The molecule has 0 spiro atoms. The summed E-state index contributed by atoms with van der Waals surface area (Å²) < 4.78 is 6.44. The number of nitrogens with one attached hydrogen (secondary N) is 1. The molecule has 1 rings (SSSR count). The van der Waals surface area contributed by atoms with Gasteiger partial charge in [0.15, 0.2) is 0 Å². The number of methoxy groups -OCH3 is 1. The van der Waals surface area contributed by atoms with Crippen LogP contribution in [0.3, 0.4) is 0 Å². The minimum atomic E-state index is 0.903. The highest BCUT2D eigenvalue weighted by molar-refractivity contribution is 9.10. The van der Waals surface area contributed by atoms with Gasteiger partial charge in [-0.2, -0.15) is 11.8 Å². The Hall–Kier alpha value is -0.350. The van der Waals surface area contributed by atoms with Crippen molar-refractivity contribution in [3.8, 4) is 5.75 Å². The molecule has 1 N–H and O–H groups in total. The Morgan fingerprint density at radius 2 is 2.18 bits per heavy atom. The van der Waals surface area contributed by atoms with E-state index < -0.39 is 0 Å². The number of hydrogen-bond donors (Lipinski definition) is 1. The molecule has 0 amide bonds. The molecule has 0 unspecified atom stereocenters. The Kier molecular flexibility index (Phi) is 6.82. The van der Waals surface area contributed by atoms with E-state index in [1.165, 1.54) is 23.5 Å². The predicted octanol–water partition coefficient (Wildman–Crippen LogP) is 4.32. The first-order valence-electron chi connectivity index (χ1n) is 5.84. The second-order valence-corrected chi connectivity index (χ2v) is 6.09. The molecule has 0 aromatic heterocycles. The van der Waals surface area contributed by atoms with Gasteiger partial charge in [0.2, 0.25) is 0 Å². The zero-order chi connectivity index (χ0) is 12.7. The highest BCUT2D eigenvalue weighted by Gasteiger charge is 2.07. The minimum absolute atomic E-state index is 0.903. The van der Waals surface area contributed by atoms with Gasteiger partial charge in [-0.25, -0.2) is 0 Å². The molecule has 0 saturated heterocycles. The van der Waals surface area contributed by atoms with Gasteiger partial charge in [0.1, 0.15) is 5.75 Å². The van der Waals surface area contributed by atoms with Crippen LogP contribution in [0, 0.1) is 6.92 Å². The second kappa shape index (κ2) is 7.88. The summed E-state index contributed by atoms with van der Waals surface area (Å²) in [6.07, 6.45) is 1.18. The Balaban J connectivity index is 2.57. The van der Waals surface area contributed by atoms with Crippen LogP contribution in [0.2, 0.25) is 0 Å². The Morgan fingerprint density at radius 3 is 2.82 bits per heavy atom. The lowest BCUT2D eigenvalue weighted by Gasteiger charge is -2.14. The molecule has 0 radical (unpaired) electrons. The molecule has 4 heteroatoms.